The Balaban J connectivity index is 1.93. The van der Waals surface area contributed by atoms with Gasteiger partial charge in [0.15, 0.2) is 5.69 Å². The molecule has 4 aromatic rings. The maximum absolute atomic E-state index is 6.49. The molecular weight excluding hydrogens is 511 g/mol. The standard InChI is InChI=1S/C21H16BrCl3N4O/c1-3-11(2)20-26-27-21(30-20)18-17(22)19(12-4-6-13(23)7-5-12)29(28-18)16-9-8-14(24)10-15(16)25/h4-11H,3H2,1-2H3. The number of hydrogen-bond donors (Lipinski definition) is 0. The Morgan fingerprint density at radius 2 is 1.73 bits per heavy atom. The van der Waals surface area contributed by atoms with Gasteiger partial charge in [-0.2, -0.15) is 5.10 Å². The number of hydrogen-bond acceptors (Lipinski definition) is 4. The van der Waals surface area contributed by atoms with Crippen molar-refractivity contribution in [3.63, 3.8) is 0 Å². The third-order valence-electron chi connectivity index (χ3n) is 4.76. The van der Waals surface area contributed by atoms with Crippen molar-refractivity contribution in [1.82, 2.24) is 20.0 Å². The predicted molar refractivity (Wildman–Crippen MR) is 124 cm³/mol. The van der Waals surface area contributed by atoms with Crippen molar-refractivity contribution in [1.29, 1.82) is 0 Å². The minimum absolute atomic E-state index is 0.161. The first-order valence-corrected chi connectivity index (χ1v) is 11.1. The molecule has 4 rings (SSSR count). The van der Waals surface area contributed by atoms with Gasteiger partial charge in [0.05, 0.1) is 20.9 Å². The highest BCUT2D eigenvalue weighted by atomic mass is 79.9. The van der Waals surface area contributed by atoms with Gasteiger partial charge < -0.3 is 4.42 Å². The van der Waals surface area contributed by atoms with Crippen LogP contribution >= 0.6 is 50.7 Å². The van der Waals surface area contributed by atoms with Crippen molar-refractivity contribution < 1.29 is 4.42 Å². The molecule has 9 heteroatoms. The molecule has 0 aliphatic rings. The number of halogens is 4. The van der Waals surface area contributed by atoms with Gasteiger partial charge in [0.25, 0.3) is 5.89 Å². The smallest absolute Gasteiger partial charge is 0.269 e. The van der Waals surface area contributed by atoms with Crippen LogP contribution in [0.3, 0.4) is 0 Å². The minimum Gasteiger partial charge on any atom is -0.419 e. The van der Waals surface area contributed by atoms with Gasteiger partial charge in [0.1, 0.15) is 0 Å². The van der Waals surface area contributed by atoms with Crippen LogP contribution in [0, 0.1) is 0 Å². The van der Waals surface area contributed by atoms with Gasteiger partial charge in [-0.05, 0) is 52.7 Å². The van der Waals surface area contributed by atoms with E-state index in [1.807, 2.05) is 37.3 Å². The SMILES string of the molecule is CCC(C)c1nnc(-c2nn(-c3ccc(Cl)cc3Cl)c(-c3ccc(Cl)cc3)c2Br)o1. The third kappa shape index (κ3) is 4.02. The molecule has 154 valence electrons. The monoisotopic (exact) mass is 524 g/mol. The van der Waals surface area contributed by atoms with Crippen LogP contribution in [0.4, 0.5) is 0 Å². The van der Waals surface area contributed by atoms with Crippen molar-refractivity contribution in [2.75, 3.05) is 0 Å². The Hall–Kier alpha value is -1.86. The predicted octanol–water partition coefficient (Wildman–Crippen LogP) is 7.83. The fraction of sp³-hybridized carbons (Fsp3) is 0.190. The van der Waals surface area contributed by atoms with E-state index >= 15 is 0 Å². The van der Waals surface area contributed by atoms with E-state index in [1.54, 1.807) is 16.8 Å². The molecule has 1 atom stereocenters. The van der Waals surface area contributed by atoms with E-state index in [1.165, 1.54) is 0 Å². The van der Waals surface area contributed by atoms with E-state index in [-0.39, 0.29) is 5.92 Å². The molecule has 2 aromatic heterocycles. The summed E-state index contributed by atoms with van der Waals surface area (Å²) < 4.78 is 8.34. The van der Waals surface area contributed by atoms with Crippen LogP contribution in [0.1, 0.15) is 32.1 Å². The van der Waals surface area contributed by atoms with Gasteiger partial charge in [-0.15, -0.1) is 10.2 Å². The highest BCUT2D eigenvalue weighted by molar-refractivity contribution is 9.10. The molecule has 0 fully saturated rings. The molecule has 0 aliphatic heterocycles. The molecule has 0 bridgehead atoms. The number of aromatic nitrogens is 4. The first-order valence-electron chi connectivity index (χ1n) is 9.22. The average Bonchev–Trinajstić information content (AvgIpc) is 3.33. The average molecular weight is 527 g/mol. The molecule has 0 N–H and O–H groups in total. The molecule has 0 saturated carbocycles. The zero-order valence-electron chi connectivity index (χ0n) is 16.0. The van der Waals surface area contributed by atoms with E-state index < -0.39 is 0 Å². The van der Waals surface area contributed by atoms with Crippen LogP contribution in [-0.2, 0) is 0 Å². The van der Waals surface area contributed by atoms with E-state index in [0.29, 0.717) is 42.7 Å². The van der Waals surface area contributed by atoms with E-state index in [4.69, 9.17) is 44.3 Å². The van der Waals surface area contributed by atoms with Crippen LogP contribution in [0.2, 0.25) is 15.1 Å². The van der Waals surface area contributed by atoms with Gasteiger partial charge in [0, 0.05) is 21.5 Å². The van der Waals surface area contributed by atoms with Gasteiger partial charge in [-0.1, -0.05) is 60.8 Å². The Labute approximate surface area is 197 Å². The van der Waals surface area contributed by atoms with E-state index in [9.17, 15) is 0 Å². The summed E-state index contributed by atoms with van der Waals surface area (Å²) >= 11 is 22.3. The number of rotatable bonds is 5. The Morgan fingerprint density at radius 1 is 1.03 bits per heavy atom. The first-order chi connectivity index (χ1) is 14.4. The maximum Gasteiger partial charge on any atom is 0.269 e. The van der Waals surface area contributed by atoms with E-state index in [2.05, 4.69) is 33.1 Å². The third-order valence-corrected chi connectivity index (χ3v) is 6.30. The molecule has 0 radical (unpaired) electrons. The zero-order valence-corrected chi connectivity index (χ0v) is 19.9. The largest absolute Gasteiger partial charge is 0.419 e. The summed E-state index contributed by atoms with van der Waals surface area (Å²) in [4.78, 5) is 0. The molecule has 0 aliphatic carbocycles. The number of nitrogens with zero attached hydrogens (tertiary/aromatic N) is 4. The molecule has 5 nitrogen and oxygen atoms in total. The van der Waals surface area contributed by atoms with Gasteiger partial charge in [-0.25, -0.2) is 4.68 Å². The quantitative estimate of drug-likeness (QED) is 0.266. The Kier molecular flexibility index (Phi) is 6.21. The number of benzene rings is 2. The van der Waals surface area contributed by atoms with Crippen molar-refractivity contribution >= 4 is 50.7 Å². The van der Waals surface area contributed by atoms with Crippen LogP contribution in [-0.4, -0.2) is 20.0 Å². The lowest BCUT2D eigenvalue weighted by Crippen LogP contribution is -2.00. The second-order valence-electron chi connectivity index (χ2n) is 6.78. The maximum atomic E-state index is 6.49. The van der Waals surface area contributed by atoms with Crippen molar-refractivity contribution in [3.8, 4) is 28.5 Å². The molecule has 0 spiro atoms. The van der Waals surface area contributed by atoms with Crippen LogP contribution in [0.25, 0.3) is 28.5 Å². The molecular formula is C21H16BrCl3N4O. The highest BCUT2D eigenvalue weighted by Crippen LogP contribution is 2.40. The molecule has 2 heterocycles. The summed E-state index contributed by atoms with van der Waals surface area (Å²) in [7, 11) is 0. The first kappa shape index (κ1) is 21.4. The highest BCUT2D eigenvalue weighted by Gasteiger charge is 2.25. The fourth-order valence-corrected chi connectivity index (χ4v) is 4.18. The van der Waals surface area contributed by atoms with Crippen molar-refractivity contribution in [2.24, 2.45) is 0 Å². The van der Waals surface area contributed by atoms with Crippen LogP contribution in [0.15, 0.2) is 51.4 Å². The van der Waals surface area contributed by atoms with E-state index in [0.717, 1.165) is 17.7 Å². The fourth-order valence-electron chi connectivity index (χ4n) is 2.92. The summed E-state index contributed by atoms with van der Waals surface area (Å²) in [5.74, 6) is 1.07. The van der Waals surface area contributed by atoms with Gasteiger partial charge in [0.2, 0.25) is 5.89 Å². The lowest BCUT2D eigenvalue weighted by atomic mass is 10.1. The van der Waals surface area contributed by atoms with Crippen LogP contribution < -0.4 is 0 Å². The van der Waals surface area contributed by atoms with Crippen LogP contribution in [0.5, 0.6) is 0 Å². The molecule has 0 saturated heterocycles. The Morgan fingerprint density at radius 3 is 2.40 bits per heavy atom. The molecule has 2 aromatic carbocycles. The van der Waals surface area contributed by atoms with Gasteiger partial charge >= 0.3 is 0 Å². The van der Waals surface area contributed by atoms with Crippen molar-refractivity contribution in [3.05, 3.63) is 67.9 Å². The lowest BCUT2D eigenvalue weighted by Gasteiger charge is -2.10. The van der Waals surface area contributed by atoms with Crippen molar-refractivity contribution in [2.45, 2.75) is 26.2 Å². The normalized spacial score (nSPS) is 12.3. The summed E-state index contributed by atoms with van der Waals surface area (Å²) in [5, 5.41) is 14.8. The summed E-state index contributed by atoms with van der Waals surface area (Å²) in [6.45, 7) is 4.11. The minimum atomic E-state index is 0.161. The zero-order chi connectivity index (χ0) is 21.4. The summed E-state index contributed by atoms with van der Waals surface area (Å²) in [5.41, 5.74) is 2.85. The van der Waals surface area contributed by atoms with Gasteiger partial charge in [-0.3, -0.25) is 0 Å². The molecule has 0 amide bonds. The summed E-state index contributed by atoms with van der Waals surface area (Å²) in [6.07, 6.45) is 0.896. The second kappa shape index (κ2) is 8.71. The molecule has 1 unspecified atom stereocenters. The topological polar surface area (TPSA) is 56.7 Å². The molecule has 30 heavy (non-hydrogen) atoms. The summed E-state index contributed by atoms with van der Waals surface area (Å²) in [6, 6.07) is 12.7. The lowest BCUT2D eigenvalue weighted by molar-refractivity contribution is 0.460. The Bertz CT molecular complexity index is 1200. The second-order valence-corrected chi connectivity index (χ2v) is 8.85.